The number of rotatable bonds is 9. The van der Waals surface area contributed by atoms with Crippen molar-refractivity contribution in [3.05, 3.63) is 28.8 Å². The summed E-state index contributed by atoms with van der Waals surface area (Å²) in [6.07, 6.45) is 2.05. The van der Waals surface area contributed by atoms with Crippen LogP contribution in [0.3, 0.4) is 0 Å². The predicted molar refractivity (Wildman–Crippen MR) is 90.0 cm³/mol. The molecule has 0 aliphatic rings. The van der Waals surface area contributed by atoms with Crippen LogP contribution in [-0.4, -0.2) is 32.6 Å². The first-order chi connectivity index (χ1) is 10.1. The lowest BCUT2D eigenvalue weighted by Gasteiger charge is -2.20. The van der Waals surface area contributed by atoms with Gasteiger partial charge in [-0.1, -0.05) is 31.5 Å². The highest BCUT2D eigenvalue weighted by molar-refractivity contribution is 6.31. The van der Waals surface area contributed by atoms with Crippen LogP contribution < -0.4 is 15.5 Å². The van der Waals surface area contributed by atoms with Crippen molar-refractivity contribution in [3.63, 3.8) is 0 Å². The van der Waals surface area contributed by atoms with Crippen molar-refractivity contribution in [2.75, 3.05) is 31.6 Å². The van der Waals surface area contributed by atoms with E-state index in [1.807, 2.05) is 37.1 Å². The van der Waals surface area contributed by atoms with E-state index < -0.39 is 0 Å². The van der Waals surface area contributed by atoms with Crippen LogP contribution in [-0.2, 0) is 11.3 Å². The molecule has 0 saturated carbocycles. The molecule has 0 radical (unpaired) electrons. The fourth-order valence-corrected chi connectivity index (χ4v) is 2.19. The predicted octanol–water partition coefficient (Wildman–Crippen LogP) is 2.80. The van der Waals surface area contributed by atoms with Crippen LogP contribution in [0.25, 0.3) is 0 Å². The number of benzene rings is 1. The summed E-state index contributed by atoms with van der Waals surface area (Å²) in [6, 6.07) is 5.93. The molecule has 0 bridgehead atoms. The summed E-state index contributed by atoms with van der Waals surface area (Å²) in [5.74, 6) is 0.0316. The van der Waals surface area contributed by atoms with Gasteiger partial charge in [-0.3, -0.25) is 4.79 Å². The van der Waals surface area contributed by atoms with Gasteiger partial charge in [-0.25, -0.2) is 0 Å². The second-order valence-corrected chi connectivity index (χ2v) is 5.57. The van der Waals surface area contributed by atoms with Crippen molar-refractivity contribution < 1.29 is 4.79 Å². The van der Waals surface area contributed by atoms with Gasteiger partial charge in [-0.05, 0) is 37.1 Å². The molecule has 1 aromatic rings. The Morgan fingerprint density at radius 1 is 1.24 bits per heavy atom. The molecule has 21 heavy (non-hydrogen) atoms. The van der Waals surface area contributed by atoms with Crippen LogP contribution in [0.2, 0.25) is 5.02 Å². The van der Waals surface area contributed by atoms with Gasteiger partial charge in [0, 0.05) is 30.8 Å². The molecule has 1 amide bonds. The molecule has 118 valence electrons. The van der Waals surface area contributed by atoms with Crippen LogP contribution in [0.5, 0.6) is 0 Å². The Balaban J connectivity index is 2.58. The highest BCUT2D eigenvalue weighted by Crippen LogP contribution is 2.23. The summed E-state index contributed by atoms with van der Waals surface area (Å²) in [7, 11) is 1.90. The Kier molecular flexibility index (Phi) is 8.16. The lowest BCUT2D eigenvalue weighted by atomic mass is 10.2. The van der Waals surface area contributed by atoms with Crippen molar-refractivity contribution in [3.8, 4) is 0 Å². The van der Waals surface area contributed by atoms with E-state index in [0.717, 1.165) is 48.7 Å². The maximum Gasteiger partial charge on any atom is 0.239 e. The number of nitrogens with one attached hydrogen (secondary N) is 2. The summed E-state index contributed by atoms with van der Waals surface area (Å²) in [5, 5.41) is 6.94. The number of halogens is 1. The number of anilines is 1. The highest BCUT2D eigenvalue weighted by atomic mass is 35.5. The lowest BCUT2D eigenvalue weighted by Crippen LogP contribution is -2.35. The SMILES string of the molecule is CCCNCc1ccc(N(C)CC(=O)NCCC)cc1Cl. The lowest BCUT2D eigenvalue weighted by molar-refractivity contribution is -0.119. The monoisotopic (exact) mass is 311 g/mol. The van der Waals surface area contributed by atoms with Gasteiger partial charge < -0.3 is 15.5 Å². The van der Waals surface area contributed by atoms with Crippen LogP contribution in [0.15, 0.2) is 18.2 Å². The van der Waals surface area contributed by atoms with E-state index in [0.29, 0.717) is 6.54 Å². The zero-order valence-corrected chi connectivity index (χ0v) is 14.0. The molecule has 2 N–H and O–H groups in total. The zero-order valence-electron chi connectivity index (χ0n) is 13.2. The Morgan fingerprint density at radius 3 is 2.57 bits per heavy atom. The van der Waals surface area contributed by atoms with Crippen LogP contribution >= 0.6 is 11.6 Å². The number of hydrogen-bond donors (Lipinski definition) is 2. The summed E-state index contributed by atoms with van der Waals surface area (Å²) in [6.45, 7) is 6.98. The number of nitrogens with zero attached hydrogens (tertiary/aromatic N) is 1. The molecular formula is C16H26ClN3O. The average molecular weight is 312 g/mol. The second-order valence-electron chi connectivity index (χ2n) is 5.16. The molecule has 0 aromatic heterocycles. The quantitative estimate of drug-likeness (QED) is 0.689. The number of hydrogen-bond acceptors (Lipinski definition) is 3. The topological polar surface area (TPSA) is 44.4 Å². The molecule has 0 fully saturated rings. The van der Waals surface area contributed by atoms with Crippen molar-refractivity contribution in [2.45, 2.75) is 33.2 Å². The Morgan fingerprint density at radius 2 is 1.95 bits per heavy atom. The normalized spacial score (nSPS) is 10.5. The minimum absolute atomic E-state index is 0.0316. The van der Waals surface area contributed by atoms with Crippen LogP contribution in [0, 0.1) is 0 Å². The van der Waals surface area contributed by atoms with E-state index in [1.165, 1.54) is 0 Å². The van der Waals surface area contributed by atoms with Gasteiger partial charge in [-0.2, -0.15) is 0 Å². The molecule has 5 heteroatoms. The minimum Gasteiger partial charge on any atom is -0.365 e. The second kappa shape index (κ2) is 9.64. The number of carbonyl (C=O) groups excluding carboxylic acids is 1. The highest BCUT2D eigenvalue weighted by Gasteiger charge is 2.09. The molecular weight excluding hydrogens is 286 g/mol. The molecule has 0 heterocycles. The van der Waals surface area contributed by atoms with E-state index in [4.69, 9.17) is 11.6 Å². The van der Waals surface area contributed by atoms with E-state index in [9.17, 15) is 4.79 Å². The minimum atomic E-state index is 0.0316. The Hall–Kier alpha value is -1.26. The first kappa shape index (κ1) is 17.8. The van der Waals surface area contributed by atoms with Gasteiger partial charge in [0.25, 0.3) is 0 Å². The number of likely N-dealkylation sites (N-methyl/N-ethyl adjacent to an activating group) is 1. The summed E-state index contributed by atoms with van der Waals surface area (Å²) < 4.78 is 0. The maximum absolute atomic E-state index is 11.7. The fourth-order valence-electron chi connectivity index (χ4n) is 1.94. The Labute approximate surface area is 132 Å². The first-order valence-corrected chi connectivity index (χ1v) is 7.93. The van der Waals surface area contributed by atoms with Gasteiger partial charge in [-0.15, -0.1) is 0 Å². The van der Waals surface area contributed by atoms with E-state index >= 15 is 0 Å². The number of amides is 1. The third kappa shape index (κ3) is 6.36. The van der Waals surface area contributed by atoms with Gasteiger partial charge >= 0.3 is 0 Å². The zero-order chi connectivity index (χ0) is 15.7. The van der Waals surface area contributed by atoms with Crippen LogP contribution in [0.4, 0.5) is 5.69 Å². The molecule has 0 aliphatic carbocycles. The molecule has 1 rings (SSSR count). The van der Waals surface area contributed by atoms with Crippen molar-refractivity contribution in [1.82, 2.24) is 10.6 Å². The number of carbonyl (C=O) groups is 1. The van der Waals surface area contributed by atoms with Crippen molar-refractivity contribution >= 4 is 23.2 Å². The third-order valence-electron chi connectivity index (χ3n) is 3.17. The van der Waals surface area contributed by atoms with Gasteiger partial charge in [0.05, 0.1) is 6.54 Å². The average Bonchev–Trinajstić information content (AvgIpc) is 2.46. The summed E-state index contributed by atoms with van der Waals surface area (Å²) in [4.78, 5) is 13.6. The molecule has 0 unspecified atom stereocenters. The van der Waals surface area contributed by atoms with E-state index in [-0.39, 0.29) is 5.91 Å². The Bertz CT molecular complexity index is 451. The maximum atomic E-state index is 11.7. The van der Waals surface area contributed by atoms with Crippen molar-refractivity contribution in [1.29, 1.82) is 0 Å². The molecule has 1 aromatic carbocycles. The molecule has 0 spiro atoms. The fraction of sp³-hybridized carbons (Fsp3) is 0.562. The first-order valence-electron chi connectivity index (χ1n) is 7.55. The summed E-state index contributed by atoms with van der Waals surface area (Å²) in [5.41, 5.74) is 2.03. The van der Waals surface area contributed by atoms with E-state index in [1.54, 1.807) is 0 Å². The van der Waals surface area contributed by atoms with Gasteiger partial charge in [0.1, 0.15) is 0 Å². The van der Waals surface area contributed by atoms with Gasteiger partial charge in [0.15, 0.2) is 0 Å². The third-order valence-corrected chi connectivity index (χ3v) is 3.52. The standard InChI is InChI=1S/C16H26ClN3O/c1-4-8-18-11-13-6-7-14(10-15(13)17)20(3)12-16(21)19-9-5-2/h6-7,10,18H,4-5,8-9,11-12H2,1-3H3,(H,19,21). The van der Waals surface area contributed by atoms with E-state index in [2.05, 4.69) is 17.6 Å². The smallest absolute Gasteiger partial charge is 0.239 e. The van der Waals surface area contributed by atoms with Gasteiger partial charge in [0.2, 0.25) is 5.91 Å². The summed E-state index contributed by atoms with van der Waals surface area (Å²) >= 11 is 6.31. The van der Waals surface area contributed by atoms with Crippen LogP contribution in [0.1, 0.15) is 32.3 Å². The molecule has 4 nitrogen and oxygen atoms in total. The molecule has 0 aliphatic heterocycles. The largest absolute Gasteiger partial charge is 0.365 e. The molecule has 0 atom stereocenters. The van der Waals surface area contributed by atoms with Crippen molar-refractivity contribution in [2.24, 2.45) is 0 Å². The molecule has 0 saturated heterocycles.